The maximum atomic E-state index is 17.3. The molecule has 182 valence electrons. The highest BCUT2D eigenvalue weighted by Crippen LogP contribution is 2.72. The molecule has 0 aromatic carbocycles. The fourth-order valence-corrected chi connectivity index (χ4v) is 8.31. The molecule has 3 saturated carbocycles. The Balaban J connectivity index is 1.63. The second-order valence-corrected chi connectivity index (χ2v) is 11.1. The van der Waals surface area contributed by atoms with Crippen molar-refractivity contribution >= 4 is 11.6 Å². The third-order valence-electron chi connectivity index (χ3n) is 10.1. The number of aliphatic hydroxyl groups excluding tert-OH is 2. The minimum Gasteiger partial charge on any atom is -0.390 e. The van der Waals surface area contributed by atoms with E-state index in [1.165, 1.54) is 12.2 Å². The summed E-state index contributed by atoms with van der Waals surface area (Å²) in [6, 6.07) is 0. The summed E-state index contributed by atoms with van der Waals surface area (Å²) >= 11 is 0. The average Bonchev–Trinajstić information content (AvgIpc) is 3.25. The van der Waals surface area contributed by atoms with Crippen LogP contribution in [0, 0.1) is 22.7 Å². The Hall–Kier alpha value is -1.41. The molecule has 3 unspecified atom stereocenters. The Bertz CT molecular complexity index is 954. The fraction of sp³-hybridized carbons (Fsp3) is 0.769. The first-order valence-corrected chi connectivity index (χ1v) is 12.3. The summed E-state index contributed by atoms with van der Waals surface area (Å²) in [6.07, 6.45) is 5.15. The molecule has 0 radical (unpaired) electrons. The molecule has 4 aliphatic carbocycles. The van der Waals surface area contributed by atoms with Gasteiger partial charge in [-0.2, -0.15) is 0 Å². The van der Waals surface area contributed by atoms with Crippen molar-refractivity contribution < 1.29 is 33.7 Å². The van der Waals surface area contributed by atoms with Gasteiger partial charge in [-0.1, -0.05) is 32.4 Å². The largest absolute Gasteiger partial charge is 0.390 e. The van der Waals surface area contributed by atoms with Crippen molar-refractivity contribution in [2.75, 3.05) is 6.61 Å². The van der Waals surface area contributed by atoms with Gasteiger partial charge in [-0.3, -0.25) is 9.59 Å². The second kappa shape index (κ2) is 7.06. The van der Waals surface area contributed by atoms with Gasteiger partial charge in [0.25, 0.3) is 0 Å². The van der Waals surface area contributed by atoms with E-state index < -0.39 is 58.4 Å². The number of hydrogen-bond acceptors (Lipinski definition) is 6. The number of carbonyl (C=O) groups excluding carboxylic acids is 2. The second-order valence-electron chi connectivity index (χ2n) is 11.1. The molecule has 2 N–H and O–H groups in total. The minimum absolute atomic E-state index is 0.0183. The van der Waals surface area contributed by atoms with Crippen molar-refractivity contribution in [2.45, 2.75) is 95.5 Å². The number of carbonyl (C=O) groups is 2. The number of rotatable bonds is 4. The molecule has 0 bridgehead atoms. The van der Waals surface area contributed by atoms with Crippen LogP contribution in [0.2, 0.25) is 0 Å². The number of hydrogen-bond donors (Lipinski definition) is 2. The molecule has 33 heavy (non-hydrogen) atoms. The summed E-state index contributed by atoms with van der Waals surface area (Å²) in [5.74, 6) is -2.35. The standard InChI is InChI=1S/C26H35FO6/c1-5-24(6-2)32-21-12-18-17-8-7-15-11-16(29)9-10-22(15,3)25(17,27)19(30)13-23(18,4)26(21,33-24)20(31)14-28/h9-11,17-19,21,28,30H,5-8,12-14H2,1-4H3/t17?,18-,19-,21+,22?,23?,25-,26-/m1/s1. The van der Waals surface area contributed by atoms with Crippen LogP contribution in [0.5, 0.6) is 0 Å². The lowest BCUT2D eigenvalue weighted by Gasteiger charge is -2.62. The number of allylic oxidation sites excluding steroid dienone is 4. The molecule has 7 heteroatoms. The van der Waals surface area contributed by atoms with Gasteiger partial charge in [0.2, 0.25) is 0 Å². The van der Waals surface area contributed by atoms with E-state index in [-0.39, 0.29) is 18.1 Å². The molecule has 8 atom stereocenters. The third kappa shape index (κ3) is 2.52. The third-order valence-corrected chi connectivity index (χ3v) is 10.1. The van der Waals surface area contributed by atoms with Crippen LogP contribution in [-0.2, 0) is 19.1 Å². The number of aliphatic hydroxyl groups is 2. The van der Waals surface area contributed by atoms with Crippen LogP contribution in [0.15, 0.2) is 23.8 Å². The zero-order chi connectivity index (χ0) is 24.0. The molecule has 0 spiro atoms. The van der Waals surface area contributed by atoms with Gasteiger partial charge in [0.05, 0.1) is 12.2 Å². The SMILES string of the molecule is CCC1(CC)O[C@H]2C[C@@H]3C4CCC5=CC(=O)C=CC5(C)[C@]4(F)[C@H](O)CC3(C)[C@]2(C(=O)CO)O1. The van der Waals surface area contributed by atoms with Gasteiger partial charge in [-0.15, -0.1) is 0 Å². The van der Waals surface area contributed by atoms with Gasteiger partial charge >= 0.3 is 0 Å². The lowest BCUT2D eigenvalue weighted by molar-refractivity contribution is -0.256. The number of fused-ring (bicyclic) bond motifs is 7. The van der Waals surface area contributed by atoms with Crippen LogP contribution in [-0.4, -0.2) is 57.7 Å². The van der Waals surface area contributed by atoms with Crippen molar-refractivity contribution in [3.05, 3.63) is 23.8 Å². The Morgan fingerprint density at radius 1 is 1.24 bits per heavy atom. The van der Waals surface area contributed by atoms with Crippen LogP contribution in [0.4, 0.5) is 4.39 Å². The molecule has 1 heterocycles. The molecule has 0 aromatic heterocycles. The van der Waals surface area contributed by atoms with E-state index in [1.807, 2.05) is 20.8 Å². The fourth-order valence-electron chi connectivity index (χ4n) is 8.31. The lowest BCUT2D eigenvalue weighted by atomic mass is 9.44. The van der Waals surface area contributed by atoms with Crippen LogP contribution >= 0.6 is 0 Å². The molecule has 5 rings (SSSR count). The van der Waals surface area contributed by atoms with E-state index in [9.17, 15) is 19.8 Å². The van der Waals surface area contributed by atoms with Gasteiger partial charge in [0, 0.05) is 16.7 Å². The molecule has 5 aliphatic rings. The predicted molar refractivity (Wildman–Crippen MR) is 118 cm³/mol. The number of ether oxygens (including phenoxy) is 2. The van der Waals surface area contributed by atoms with Crippen molar-refractivity contribution in [1.82, 2.24) is 0 Å². The Labute approximate surface area is 194 Å². The van der Waals surface area contributed by atoms with Crippen molar-refractivity contribution in [1.29, 1.82) is 0 Å². The highest BCUT2D eigenvalue weighted by molar-refractivity contribution is 6.01. The maximum Gasteiger partial charge on any atom is 0.193 e. The number of halogens is 1. The first-order valence-electron chi connectivity index (χ1n) is 12.3. The quantitative estimate of drug-likeness (QED) is 0.667. The summed E-state index contributed by atoms with van der Waals surface area (Å²) in [4.78, 5) is 25.4. The highest BCUT2D eigenvalue weighted by atomic mass is 19.1. The van der Waals surface area contributed by atoms with Gasteiger partial charge in [-0.05, 0) is 63.5 Å². The summed E-state index contributed by atoms with van der Waals surface area (Å²) < 4.78 is 30.2. The van der Waals surface area contributed by atoms with Gasteiger partial charge in [0.15, 0.2) is 28.6 Å². The topological polar surface area (TPSA) is 93.1 Å². The van der Waals surface area contributed by atoms with E-state index in [0.717, 1.165) is 5.57 Å². The van der Waals surface area contributed by atoms with Crippen molar-refractivity contribution in [3.8, 4) is 0 Å². The van der Waals surface area contributed by atoms with Crippen LogP contribution in [0.25, 0.3) is 0 Å². The van der Waals surface area contributed by atoms with Crippen LogP contribution < -0.4 is 0 Å². The molecular weight excluding hydrogens is 427 g/mol. The Morgan fingerprint density at radius 2 is 1.94 bits per heavy atom. The smallest absolute Gasteiger partial charge is 0.193 e. The normalized spacial score (nSPS) is 49.7. The molecular formula is C26H35FO6. The van der Waals surface area contributed by atoms with E-state index in [0.29, 0.717) is 32.1 Å². The zero-order valence-electron chi connectivity index (χ0n) is 19.9. The van der Waals surface area contributed by atoms with Crippen LogP contribution in [0.1, 0.15) is 66.2 Å². The molecule has 1 saturated heterocycles. The first-order chi connectivity index (χ1) is 15.5. The minimum atomic E-state index is -1.98. The molecule has 0 amide bonds. The molecule has 0 aromatic rings. The predicted octanol–water partition coefficient (Wildman–Crippen LogP) is 3.20. The Morgan fingerprint density at radius 3 is 2.58 bits per heavy atom. The van der Waals surface area contributed by atoms with E-state index in [1.54, 1.807) is 13.0 Å². The van der Waals surface area contributed by atoms with E-state index in [2.05, 4.69) is 0 Å². The molecule has 1 aliphatic heterocycles. The number of Topliss-reactive ketones (excluding diaryl/α,β-unsaturated/α-hetero) is 1. The first kappa shape index (κ1) is 23.3. The van der Waals surface area contributed by atoms with Crippen molar-refractivity contribution in [3.63, 3.8) is 0 Å². The summed E-state index contributed by atoms with van der Waals surface area (Å²) in [5.41, 5.74) is -4.66. The number of ketones is 2. The Kier molecular flexibility index (Phi) is 4.99. The van der Waals surface area contributed by atoms with E-state index in [4.69, 9.17) is 9.47 Å². The van der Waals surface area contributed by atoms with Gasteiger partial charge in [-0.25, -0.2) is 4.39 Å². The van der Waals surface area contributed by atoms with Crippen LogP contribution in [0.3, 0.4) is 0 Å². The summed E-state index contributed by atoms with van der Waals surface area (Å²) in [6.45, 7) is 6.87. The zero-order valence-corrected chi connectivity index (χ0v) is 19.9. The monoisotopic (exact) mass is 462 g/mol. The summed E-state index contributed by atoms with van der Waals surface area (Å²) in [5, 5.41) is 21.4. The summed E-state index contributed by atoms with van der Waals surface area (Å²) in [7, 11) is 0. The number of alkyl halides is 1. The van der Waals surface area contributed by atoms with Crippen molar-refractivity contribution in [2.24, 2.45) is 22.7 Å². The van der Waals surface area contributed by atoms with Gasteiger partial charge in [0.1, 0.15) is 6.61 Å². The highest BCUT2D eigenvalue weighted by Gasteiger charge is 2.80. The lowest BCUT2D eigenvalue weighted by Crippen LogP contribution is -2.70. The van der Waals surface area contributed by atoms with Gasteiger partial charge < -0.3 is 19.7 Å². The molecule has 6 nitrogen and oxygen atoms in total. The maximum absolute atomic E-state index is 17.3. The average molecular weight is 463 g/mol. The molecule has 4 fully saturated rings. The van der Waals surface area contributed by atoms with E-state index >= 15 is 4.39 Å².